The van der Waals surface area contributed by atoms with Gasteiger partial charge in [0.1, 0.15) is 5.70 Å². The molecule has 1 aromatic heterocycles. The third kappa shape index (κ3) is 3.50. The Balaban J connectivity index is 1.45. The van der Waals surface area contributed by atoms with Crippen LogP contribution in [-0.4, -0.2) is 70.9 Å². The van der Waals surface area contributed by atoms with Gasteiger partial charge in [-0.05, 0) is 30.7 Å². The van der Waals surface area contributed by atoms with E-state index in [-0.39, 0.29) is 11.8 Å². The summed E-state index contributed by atoms with van der Waals surface area (Å²) < 4.78 is 2.10. The van der Waals surface area contributed by atoms with Crippen molar-refractivity contribution >= 4 is 28.3 Å². The van der Waals surface area contributed by atoms with Crippen LogP contribution in [0.3, 0.4) is 0 Å². The second-order valence-corrected chi connectivity index (χ2v) is 8.67. The largest absolute Gasteiger partial charge is 0.364 e. The van der Waals surface area contributed by atoms with Crippen LogP contribution in [0.2, 0.25) is 0 Å². The molecule has 0 aliphatic carbocycles. The van der Waals surface area contributed by atoms with Gasteiger partial charge in [-0.15, -0.1) is 0 Å². The van der Waals surface area contributed by atoms with Crippen molar-refractivity contribution in [1.29, 1.82) is 0 Å². The number of likely N-dealkylation sites (N-methyl/N-ethyl adjacent to an activating group) is 1. The number of hydrogen-bond acceptors (Lipinski definition) is 4. The first kappa shape index (κ1) is 20.5. The van der Waals surface area contributed by atoms with E-state index in [0.29, 0.717) is 24.2 Å². The van der Waals surface area contributed by atoms with Gasteiger partial charge in [0, 0.05) is 56.9 Å². The highest BCUT2D eigenvalue weighted by molar-refractivity contribution is 6.35. The van der Waals surface area contributed by atoms with Gasteiger partial charge in [0.25, 0.3) is 11.8 Å². The van der Waals surface area contributed by atoms with Crippen molar-refractivity contribution < 1.29 is 9.59 Å². The first-order valence-corrected chi connectivity index (χ1v) is 11.2. The Morgan fingerprint density at radius 3 is 2.25 bits per heavy atom. The van der Waals surface area contributed by atoms with Crippen LogP contribution in [0.5, 0.6) is 0 Å². The molecule has 3 aromatic rings. The third-order valence-corrected chi connectivity index (χ3v) is 6.61. The summed E-state index contributed by atoms with van der Waals surface area (Å²) in [5, 5.41) is 1.17. The van der Waals surface area contributed by atoms with Crippen molar-refractivity contribution in [3.05, 3.63) is 77.6 Å². The van der Waals surface area contributed by atoms with Gasteiger partial charge >= 0.3 is 0 Å². The summed E-state index contributed by atoms with van der Waals surface area (Å²) in [6.07, 6.45) is 2.74. The number of rotatable bonds is 5. The quantitative estimate of drug-likeness (QED) is 0.587. The number of aryl methyl sites for hydroxylation is 1. The zero-order valence-electron chi connectivity index (χ0n) is 18.6. The zero-order valence-corrected chi connectivity index (χ0v) is 18.6. The van der Waals surface area contributed by atoms with Crippen LogP contribution in [0.4, 0.5) is 0 Å². The second kappa shape index (κ2) is 8.28. The molecule has 0 unspecified atom stereocenters. The minimum Gasteiger partial charge on any atom is -0.364 e. The molecule has 5 rings (SSSR count). The SMILES string of the molecule is CN1CCN(C2=C(c3ccccc3)C(=O)N(CCc3cn(C)c4ccccc34)C2=O)CC1. The maximum Gasteiger partial charge on any atom is 0.277 e. The van der Waals surface area contributed by atoms with Gasteiger partial charge in [0.2, 0.25) is 0 Å². The Labute approximate surface area is 188 Å². The Morgan fingerprint density at radius 1 is 0.812 bits per heavy atom. The summed E-state index contributed by atoms with van der Waals surface area (Å²) in [6, 6.07) is 17.8. The molecule has 0 radical (unpaired) electrons. The van der Waals surface area contributed by atoms with E-state index in [4.69, 9.17) is 0 Å². The number of carbonyl (C=O) groups is 2. The zero-order chi connectivity index (χ0) is 22.2. The number of amides is 2. The molecular weight excluding hydrogens is 400 g/mol. The van der Waals surface area contributed by atoms with Gasteiger partial charge in [-0.1, -0.05) is 48.5 Å². The van der Waals surface area contributed by atoms with Crippen LogP contribution in [0, 0.1) is 0 Å². The molecule has 2 aromatic carbocycles. The fraction of sp³-hybridized carbons (Fsp3) is 0.308. The maximum absolute atomic E-state index is 13.6. The third-order valence-electron chi connectivity index (χ3n) is 6.61. The average Bonchev–Trinajstić information content (AvgIpc) is 3.27. The number of nitrogens with zero attached hydrogens (tertiary/aromatic N) is 4. The number of benzene rings is 2. The van der Waals surface area contributed by atoms with Crippen molar-refractivity contribution in [2.24, 2.45) is 7.05 Å². The highest BCUT2D eigenvalue weighted by Gasteiger charge is 2.41. The molecule has 2 amide bonds. The monoisotopic (exact) mass is 428 g/mol. The Kier molecular flexibility index (Phi) is 5.31. The van der Waals surface area contributed by atoms with Gasteiger partial charge in [-0.2, -0.15) is 0 Å². The molecule has 0 bridgehead atoms. The molecule has 1 saturated heterocycles. The topological polar surface area (TPSA) is 48.8 Å². The van der Waals surface area contributed by atoms with Crippen LogP contribution in [0.1, 0.15) is 11.1 Å². The summed E-state index contributed by atoms with van der Waals surface area (Å²) in [5.74, 6) is -0.353. The number of para-hydroxylation sites is 1. The molecule has 3 heterocycles. The van der Waals surface area contributed by atoms with Crippen LogP contribution in [0.15, 0.2) is 66.5 Å². The van der Waals surface area contributed by atoms with E-state index in [9.17, 15) is 9.59 Å². The minimum absolute atomic E-state index is 0.168. The molecule has 0 N–H and O–H groups in total. The second-order valence-electron chi connectivity index (χ2n) is 8.67. The molecule has 164 valence electrons. The van der Waals surface area contributed by atoms with Crippen LogP contribution in [-0.2, 0) is 23.1 Å². The van der Waals surface area contributed by atoms with Gasteiger partial charge in [0.05, 0.1) is 5.57 Å². The van der Waals surface area contributed by atoms with E-state index in [1.807, 2.05) is 49.5 Å². The van der Waals surface area contributed by atoms with E-state index in [0.717, 1.165) is 42.8 Å². The van der Waals surface area contributed by atoms with E-state index < -0.39 is 0 Å². The van der Waals surface area contributed by atoms with Crippen molar-refractivity contribution in [3.8, 4) is 0 Å². The number of fused-ring (bicyclic) bond motifs is 1. The number of piperazine rings is 1. The van der Waals surface area contributed by atoms with Crippen molar-refractivity contribution in [2.45, 2.75) is 6.42 Å². The molecule has 2 aliphatic rings. The van der Waals surface area contributed by atoms with E-state index >= 15 is 0 Å². The number of hydrogen-bond donors (Lipinski definition) is 0. The summed E-state index contributed by atoms with van der Waals surface area (Å²) in [6.45, 7) is 3.63. The van der Waals surface area contributed by atoms with E-state index in [1.54, 1.807) is 0 Å². The fourth-order valence-electron chi connectivity index (χ4n) is 4.81. The number of carbonyl (C=O) groups excluding carboxylic acids is 2. The molecule has 1 fully saturated rings. The highest BCUT2D eigenvalue weighted by atomic mass is 16.2. The highest BCUT2D eigenvalue weighted by Crippen LogP contribution is 2.32. The molecule has 0 saturated carbocycles. The summed E-state index contributed by atoms with van der Waals surface area (Å²) >= 11 is 0. The normalized spacial score (nSPS) is 17.8. The van der Waals surface area contributed by atoms with E-state index in [1.165, 1.54) is 10.3 Å². The summed E-state index contributed by atoms with van der Waals surface area (Å²) in [4.78, 5) is 32.9. The van der Waals surface area contributed by atoms with Gasteiger partial charge in [-0.25, -0.2) is 0 Å². The molecule has 0 spiro atoms. The van der Waals surface area contributed by atoms with Gasteiger partial charge in [-0.3, -0.25) is 14.5 Å². The van der Waals surface area contributed by atoms with Crippen molar-refractivity contribution in [1.82, 2.24) is 19.3 Å². The lowest BCUT2D eigenvalue weighted by Gasteiger charge is -2.34. The molecule has 2 aliphatic heterocycles. The number of aromatic nitrogens is 1. The fourth-order valence-corrected chi connectivity index (χ4v) is 4.81. The molecule has 6 nitrogen and oxygen atoms in total. The molecular formula is C26H28N4O2. The lowest BCUT2D eigenvalue weighted by Crippen LogP contribution is -2.46. The summed E-state index contributed by atoms with van der Waals surface area (Å²) in [7, 11) is 4.11. The first-order valence-electron chi connectivity index (χ1n) is 11.2. The Hall–Kier alpha value is -3.38. The predicted molar refractivity (Wildman–Crippen MR) is 126 cm³/mol. The minimum atomic E-state index is -0.185. The standard InChI is InChI=1S/C26H28N4O2/c1-27-14-16-29(17-15-27)24-23(19-8-4-3-5-9-19)25(31)30(26(24)32)13-12-20-18-28(2)22-11-7-6-10-21(20)22/h3-11,18H,12-17H2,1-2H3. The first-order chi connectivity index (χ1) is 15.5. The lowest BCUT2D eigenvalue weighted by molar-refractivity contribution is -0.137. The molecule has 6 heteroatoms. The van der Waals surface area contributed by atoms with Crippen molar-refractivity contribution in [3.63, 3.8) is 0 Å². The molecule has 0 atom stereocenters. The number of imide groups is 1. The van der Waals surface area contributed by atoms with Crippen LogP contribution >= 0.6 is 0 Å². The molecule has 32 heavy (non-hydrogen) atoms. The van der Waals surface area contributed by atoms with Crippen molar-refractivity contribution in [2.75, 3.05) is 39.8 Å². The average molecular weight is 429 g/mol. The smallest absolute Gasteiger partial charge is 0.277 e. The summed E-state index contributed by atoms with van der Waals surface area (Å²) in [5.41, 5.74) is 4.22. The Bertz CT molecular complexity index is 1200. The predicted octanol–water partition coefficient (Wildman–Crippen LogP) is 2.75. The van der Waals surface area contributed by atoms with Crippen LogP contribution in [0.25, 0.3) is 16.5 Å². The lowest BCUT2D eigenvalue weighted by atomic mass is 10.0. The van der Waals surface area contributed by atoms with E-state index in [2.05, 4.69) is 39.7 Å². The van der Waals surface area contributed by atoms with Gasteiger partial charge < -0.3 is 14.4 Å². The van der Waals surface area contributed by atoms with Crippen LogP contribution < -0.4 is 0 Å². The Morgan fingerprint density at radius 2 is 1.50 bits per heavy atom. The maximum atomic E-state index is 13.6. The van der Waals surface area contributed by atoms with Gasteiger partial charge in [0.15, 0.2) is 0 Å².